The number of benzene rings is 1. The molecule has 1 aromatic rings. The van der Waals surface area contributed by atoms with Gasteiger partial charge in [-0.05, 0) is 38.9 Å². The van der Waals surface area contributed by atoms with E-state index in [2.05, 4.69) is 71.3 Å². The molecule has 1 aliphatic heterocycles. The van der Waals surface area contributed by atoms with Crippen LogP contribution in [0, 0.1) is 0 Å². The van der Waals surface area contributed by atoms with Crippen LogP contribution in [0.15, 0.2) is 28.7 Å². The van der Waals surface area contributed by atoms with E-state index < -0.39 is 0 Å². The number of nitrogens with one attached hydrogen (secondary N) is 1. The number of rotatable bonds is 3. The molecule has 1 saturated heterocycles. The fraction of sp³-hybridized carbons (Fsp3) is 0.571. The maximum Gasteiger partial charge on any atom is 0.0245 e. The van der Waals surface area contributed by atoms with Crippen LogP contribution in [0.5, 0.6) is 0 Å². The van der Waals surface area contributed by atoms with E-state index in [0.717, 1.165) is 13.1 Å². The average Bonchev–Trinajstić information content (AvgIpc) is 2.62. The van der Waals surface area contributed by atoms with Crippen molar-refractivity contribution in [1.82, 2.24) is 10.2 Å². The molecule has 0 aliphatic carbocycles. The van der Waals surface area contributed by atoms with Crippen molar-refractivity contribution in [2.45, 2.75) is 38.4 Å². The first-order chi connectivity index (χ1) is 7.98. The summed E-state index contributed by atoms with van der Waals surface area (Å²) in [7, 11) is 2.22. The quantitative estimate of drug-likeness (QED) is 0.922. The molecule has 1 N–H and O–H groups in total. The number of likely N-dealkylation sites (N-methyl/N-ethyl adjacent to an activating group) is 1. The second-order valence-electron chi connectivity index (χ2n) is 5.63. The molecule has 0 aromatic heterocycles. The molecule has 1 fully saturated rings. The highest BCUT2D eigenvalue weighted by Crippen LogP contribution is 2.24. The highest BCUT2D eigenvalue weighted by Gasteiger charge is 2.32. The standard InChI is InChI=1S/C14H21BrN2/c1-14(2)8-12(9-16-14)17(3)10-11-6-4-5-7-13(11)15/h4-7,12,16H,8-10H2,1-3H3. The van der Waals surface area contributed by atoms with Crippen molar-refractivity contribution in [2.24, 2.45) is 0 Å². The molecule has 1 aliphatic rings. The number of nitrogens with zero attached hydrogens (tertiary/aromatic N) is 1. The summed E-state index contributed by atoms with van der Waals surface area (Å²) < 4.78 is 1.21. The van der Waals surface area contributed by atoms with Crippen LogP contribution in [0.2, 0.25) is 0 Å². The maximum absolute atomic E-state index is 3.61. The Balaban J connectivity index is 1.98. The first-order valence-corrected chi connectivity index (χ1v) is 6.96. The zero-order chi connectivity index (χ0) is 12.5. The Morgan fingerprint density at radius 1 is 1.41 bits per heavy atom. The van der Waals surface area contributed by atoms with E-state index in [4.69, 9.17) is 0 Å². The molecule has 0 amide bonds. The fourth-order valence-corrected chi connectivity index (χ4v) is 2.87. The lowest BCUT2D eigenvalue weighted by atomic mass is 10.0. The highest BCUT2D eigenvalue weighted by atomic mass is 79.9. The van der Waals surface area contributed by atoms with Crippen molar-refractivity contribution in [1.29, 1.82) is 0 Å². The molecule has 0 saturated carbocycles. The molecule has 1 heterocycles. The topological polar surface area (TPSA) is 15.3 Å². The third-order valence-electron chi connectivity index (χ3n) is 3.56. The largest absolute Gasteiger partial charge is 0.310 e. The minimum atomic E-state index is 0.285. The fourth-order valence-electron chi connectivity index (χ4n) is 2.46. The zero-order valence-electron chi connectivity index (χ0n) is 10.8. The van der Waals surface area contributed by atoms with Gasteiger partial charge >= 0.3 is 0 Å². The molecule has 1 unspecified atom stereocenters. The predicted octanol–water partition coefficient (Wildman–Crippen LogP) is 3.02. The lowest BCUT2D eigenvalue weighted by Crippen LogP contribution is -2.32. The number of halogens is 1. The molecule has 1 atom stereocenters. The molecule has 17 heavy (non-hydrogen) atoms. The van der Waals surface area contributed by atoms with Crippen LogP contribution in [0.25, 0.3) is 0 Å². The Bertz CT molecular complexity index is 390. The van der Waals surface area contributed by atoms with Crippen molar-refractivity contribution >= 4 is 15.9 Å². The number of hydrogen-bond acceptors (Lipinski definition) is 2. The predicted molar refractivity (Wildman–Crippen MR) is 76.1 cm³/mol. The molecular weight excluding hydrogens is 276 g/mol. The molecular formula is C14H21BrN2. The maximum atomic E-state index is 3.61. The van der Waals surface area contributed by atoms with Gasteiger partial charge in [-0.1, -0.05) is 34.1 Å². The van der Waals surface area contributed by atoms with E-state index in [1.54, 1.807) is 0 Å². The summed E-state index contributed by atoms with van der Waals surface area (Å²) in [5.74, 6) is 0. The molecule has 0 spiro atoms. The Morgan fingerprint density at radius 2 is 2.12 bits per heavy atom. The molecule has 3 heteroatoms. The van der Waals surface area contributed by atoms with Crippen LogP contribution in [0.3, 0.4) is 0 Å². The van der Waals surface area contributed by atoms with Gasteiger partial charge in [-0.3, -0.25) is 4.90 Å². The minimum absolute atomic E-state index is 0.285. The minimum Gasteiger partial charge on any atom is -0.310 e. The normalized spacial score (nSPS) is 23.2. The summed E-state index contributed by atoms with van der Waals surface area (Å²) >= 11 is 3.61. The van der Waals surface area contributed by atoms with Gasteiger partial charge in [0, 0.05) is 29.1 Å². The van der Waals surface area contributed by atoms with Crippen molar-refractivity contribution in [2.75, 3.05) is 13.6 Å². The van der Waals surface area contributed by atoms with Gasteiger partial charge in [0.05, 0.1) is 0 Å². The average molecular weight is 297 g/mol. The van der Waals surface area contributed by atoms with Gasteiger partial charge in [-0.2, -0.15) is 0 Å². The van der Waals surface area contributed by atoms with Crippen LogP contribution in [-0.2, 0) is 6.54 Å². The van der Waals surface area contributed by atoms with Crippen molar-refractivity contribution < 1.29 is 0 Å². The highest BCUT2D eigenvalue weighted by molar-refractivity contribution is 9.10. The third-order valence-corrected chi connectivity index (χ3v) is 4.34. The van der Waals surface area contributed by atoms with Gasteiger partial charge in [0.15, 0.2) is 0 Å². The van der Waals surface area contributed by atoms with E-state index >= 15 is 0 Å². The van der Waals surface area contributed by atoms with Crippen LogP contribution < -0.4 is 5.32 Å². The molecule has 2 nitrogen and oxygen atoms in total. The first-order valence-electron chi connectivity index (χ1n) is 6.17. The van der Waals surface area contributed by atoms with Gasteiger partial charge in [0.25, 0.3) is 0 Å². The smallest absolute Gasteiger partial charge is 0.0245 e. The molecule has 0 radical (unpaired) electrons. The monoisotopic (exact) mass is 296 g/mol. The SMILES string of the molecule is CN(Cc1ccccc1Br)C1CNC(C)(C)C1. The van der Waals surface area contributed by atoms with Crippen molar-refractivity contribution in [3.63, 3.8) is 0 Å². The molecule has 2 rings (SSSR count). The van der Waals surface area contributed by atoms with E-state index in [9.17, 15) is 0 Å². The molecule has 0 bridgehead atoms. The lowest BCUT2D eigenvalue weighted by molar-refractivity contribution is 0.240. The summed E-state index contributed by atoms with van der Waals surface area (Å²) in [6.45, 7) is 6.65. The van der Waals surface area contributed by atoms with Gasteiger partial charge in [0.2, 0.25) is 0 Å². The summed E-state index contributed by atoms with van der Waals surface area (Å²) in [6, 6.07) is 9.10. The third kappa shape index (κ3) is 3.30. The van der Waals surface area contributed by atoms with E-state index in [1.807, 2.05) is 0 Å². The first kappa shape index (κ1) is 13.1. The summed E-state index contributed by atoms with van der Waals surface area (Å²) in [6.07, 6.45) is 1.22. The second kappa shape index (κ2) is 5.09. The zero-order valence-corrected chi connectivity index (χ0v) is 12.4. The van der Waals surface area contributed by atoms with E-state index in [1.165, 1.54) is 16.5 Å². The van der Waals surface area contributed by atoms with Gasteiger partial charge in [0.1, 0.15) is 0 Å². The van der Waals surface area contributed by atoms with Crippen LogP contribution in [0.4, 0.5) is 0 Å². The molecule has 1 aromatic carbocycles. The van der Waals surface area contributed by atoms with Gasteiger partial charge < -0.3 is 5.32 Å². The summed E-state index contributed by atoms with van der Waals surface area (Å²) in [5.41, 5.74) is 1.65. The van der Waals surface area contributed by atoms with E-state index in [0.29, 0.717) is 6.04 Å². The Hall–Kier alpha value is -0.380. The second-order valence-corrected chi connectivity index (χ2v) is 6.48. The van der Waals surface area contributed by atoms with Crippen LogP contribution >= 0.6 is 15.9 Å². The number of hydrogen-bond donors (Lipinski definition) is 1. The summed E-state index contributed by atoms with van der Waals surface area (Å²) in [4.78, 5) is 2.45. The van der Waals surface area contributed by atoms with E-state index in [-0.39, 0.29) is 5.54 Å². The van der Waals surface area contributed by atoms with Crippen LogP contribution in [0.1, 0.15) is 25.8 Å². The molecule has 94 valence electrons. The van der Waals surface area contributed by atoms with Crippen molar-refractivity contribution in [3.05, 3.63) is 34.3 Å². The Labute approximate surface area is 113 Å². The summed E-state index contributed by atoms with van der Waals surface area (Å²) in [5, 5.41) is 3.57. The van der Waals surface area contributed by atoms with Crippen LogP contribution in [-0.4, -0.2) is 30.1 Å². The van der Waals surface area contributed by atoms with Crippen molar-refractivity contribution in [3.8, 4) is 0 Å². The Kier molecular flexibility index (Phi) is 3.91. The van der Waals surface area contributed by atoms with Gasteiger partial charge in [-0.15, -0.1) is 0 Å². The lowest BCUT2D eigenvalue weighted by Gasteiger charge is -2.25. The van der Waals surface area contributed by atoms with Gasteiger partial charge in [-0.25, -0.2) is 0 Å². The Morgan fingerprint density at radius 3 is 2.71 bits per heavy atom.